The van der Waals surface area contributed by atoms with Crippen LogP contribution in [0.25, 0.3) is 21.3 Å². The molecule has 0 bridgehead atoms. The molecule has 0 aliphatic heterocycles. The van der Waals surface area contributed by atoms with Crippen molar-refractivity contribution in [1.82, 2.24) is 4.98 Å². The van der Waals surface area contributed by atoms with Crippen molar-refractivity contribution in [3.8, 4) is 22.9 Å². The molecular weight excluding hydrogens is 410 g/mol. The molecule has 31 heavy (non-hydrogen) atoms. The summed E-state index contributed by atoms with van der Waals surface area (Å²) in [4.78, 5) is 15.4. The number of ether oxygens (including phenoxy) is 2. The molecule has 0 unspecified atom stereocenters. The zero-order valence-corrected chi connectivity index (χ0v) is 18.2. The molecule has 0 atom stereocenters. The van der Waals surface area contributed by atoms with E-state index in [0.717, 1.165) is 39.1 Å². The predicted octanol–water partition coefficient (Wildman–Crippen LogP) is 5.88. The Hall–Kier alpha value is -3.38. The van der Waals surface area contributed by atoms with E-state index >= 15 is 0 Å². The van der Waals surface area contributed by atoms with Crippen LogP contribution in [0.1, 0.15) is 23.1 Å². The highest BCUT2D eigenvalue weighted by Gasteiger charge is 2.12. The number of nitrogens with zero attached hydrogens (tertiary/aromatic N) is 1. The van der Waals surface area contributed by atoms with Gasteiger partial charge < -0.3 is 14.6 Å². The second-order valence-electron chi connectivity index (χ2n) is 7.33. The number of carboxylic acid groups (broad SMARTS) is 1. The molecular formula is C25H23NO4S. The van der Waals surface area contributed by atoms with Crippen LogP contribution in [0.2, 0.25) is 0 Å². The lowest BCUT2D eigenvalue weighted by atomic mass is 10.0. The third-order valence-corrected chi connectivity index (χ3v) is 6.09. The third-order valence-electron chi connectivity index (χ3n) is 5.13. The highest BCUT2D eigenvalue weighted by molar-refractivity contribution is 7.17. The summed E-state index contributed by atoms with van der Waals surface area (Å²) < 4.78 is 12.5. The zero-order valence-electron chi connectivity index (χ0n) is 17.4. The summed E-state index contributed by atoms with van der Waals surface area (Å²) in [7, 11) is 1.63. The summed E-state index contributed by atoms with van der Waals surface area (Å²) in [5, 5.41) is 12.1. The number of benzene rings is 2. The highest BCUT2D eigenvalue weighted by atomic mass is 32.1. The Bertz CT molecular complexity index is 1210. The first-order chi connectivity index (χ1) is 15.0. The molecule has 0 aliphatic carbocycles. The molecule has 0 fully saturated rings. The van der Waals surface area contributed by atoms with Crippen molar-refractivity contribution in [2.24, 2.45) is 0 Å². The number of fused-ring (bicyclic) bond motifs is 1. The first-order valence-corrected chi connectivity index (χ1v) is 10.9. The van der Waals surface area contributed by atoms with Crippen molar-refractivity contribution in [2.75, 3.05) is 7.11 Å². The Morgan fingerprint density at radius 3 is 2.58 bits per heavy atom. The van der Waals surface area contributed by atoms with Crippen molar-refractivity contribution in [3.63, 3.8) is 0 Å². The molecule has 2 aromatic carbocycles. The van der Waals surface area contributed by atoms with E-state index in [-0.39, 0.29) is 6.42 Å². The van der Waals surface area contributed by atoms with Gasteiger partial charge in [-0.3, -0.25) is 4.79 Å². The molecule has 158 valence electrons. The molecule has 2 aromatic heterocycles. The van der Waals surface area contributed by atoms with E-state index in [1.165, 1.54) is 4.70 Å². The Morgan fingerprint density at radius 1 is 1.06 bits per heavy atom. The fourth-order valence-electron chi connectivity index (χ4n) is 3.42. The Labute approximate surface area is 184 Å². The summed E-state index contributed by atoms with van der Waals surface area (Å²) in [6.07, 6.45) is 0.649. The smallest absolute Gasteiger partial charge is 0.303 e. The molecule has 4 aromatic rings. The van der Waals surface area contributed by atoms with E-state index in [1.807, 2.05) is 36.4 Å². The number of aliphatic carboxylic acids is 1. The maximum Gasteiger partial charge on any atom is 0.303 e. The Balaban J connectivity index is 1.52. The number of aromatic nitrogens is 1. The Morgan fingerprint density at radius 2 is 1.84 bits per heavy atom. The summed E-state index contributed by atoms with van der Waals surface area (Å²) in [5.41, 5.74) is 5.19. The van der Waals surface area contributed by atoms with E-state index in [4.69, 9.17) is 14.6 Å². The molecule has 5 nitrogen and oxygen atoms in total. The van der Waals surface area contributed by atoms with Crippen LogP contribution in [0.15, 0.2) is 60.0 Å². The van der Waals surface area contributed by atoms with Crippen LogP contribution in [0, 0.1) is 6.92 Å². The number of hydrogen-bond acceptors (Lipinski definition) is 5. The molecule has 4 rings (SSSR count). The minimum Gasteiger partial charge on any atom is -0.489 e. The van der Waals surface area contributed by atoms with Crippen molar-refractivity contribution >= 4 is 27.4 Å². The second-order valence-corrected chi connectivity index (χ2v) is 8.24. The van der Waals surface area contributed by atoms with Gasteiger partial charge in [-0.1, -0.05) is 24.3 Å². The number of thiophene rings is 1. The minimum absolute atomic E-state index is 0.130. The van der Waals surface area contributed by atoms with Crippen LogP contribution in [0.5, 0.6) is 11.6 Å². The average Bonchev–Trinajstić information content (AvgIpc) is 3.20. The van der Waals surface area contributed by atoms with Crippen LogP contribution in [-0.4, -0.2) is 23.2 Å². The number of carboxylic acids is 1. The number of carbonyl (C=O) groups is 1. The largest absolute Gasteiger partial charge is 0.489 e. The van der Waals surface area contributed by atoms with E-state index in [2.05, 4.69) is 35.5 Å². The summed E-state index contributed by atoms with van der Waals surface area (Å²) in [6, 6.07) is 17.8. The lowest BCUT2D eigenvalue weighted by Gasteiger charge is -2.09. The van der Waals surface area contributed by atoms with Gasteiger partial charge in [0.2, 0.25) is 5.88 Å². The first kappa shape index (κ1) is 20.9. The van der Waals surface area contributed by atoms with E-state index in [0.29, 0.717) is 18.9 Å². The van der Waals surface area contributed by atoms with Gasteiger partial charge in [0.05, 0.1) is 12.8 Å². The van der Waals surface area contributed by atoms with Gasteiger partial charge in [-0.2, -0.15) is 0 Å². The highest BCUT2D eigenvalue weighted by Crippen LogP contribution is 2.36. The lowest BCUT2D eigenvalue weighted by Crippen LogP contribution is -1.98. The van der Waals surface area contributed by atoms with Gasteiger partial charge in [0.15, 0.2) is 0 Å². The van der Waals surface area contributed by atoms with Gasteiger partial charge in [0, 0.05) is 33.5 Å². The van der Waals surface area contributed by atoms with Crippen LogP contribution < -0.4 is 9.47 Å². The fourth-order valence-corrected chi connectivity index (χ4v) is 4.34. The van der Waals surface area contributed by atoms with Crippen molar-refractivity contribution in [3.05, 3.63) is 76.7 Å². The summed E-state index contributed by atoms with van der Waals surface area (Å²) in [5.74, 6) is 0.573. The zero-order chi connectivity index (χ0) is 21.8. The van der Waals surface area contributed by atoms with Crippen LogP contribution in [0.3, 0.4) is 0 Å². The molecule has 0 saturated heterocycles. The topological polar surface area (TPSA) is 68.7 Å². The molecule has 1 N–H and O–H groups in total. The number of aryl methyl sites for hydroxylation is 2. The van der Waals surface area contributed by atoms with Crippen LogP contribution >= 0.6 is 11.3 Å². The standard InChI is InChI=1S/C25H23NO4S/c1-16-3-11-23(29-2)26-25(16)21-15-31-22-10-6-18(13-20(21)22)14-30-19-8-4-17(5-9-19)7-12-24(27)28/h3-6,8-11,13,15H,7,12,14H2,1-2H3,(H,27,28). The average molecular weight is 434 g/mol. The molecule has 6 heteroatoms. The first-order valence-electron chi connectivity index (χ1n) is 9.99. The van der Waals surface area contributed by atoms with Crippen LogP contribution in [0.4, 0.5) is 0 Å². The van der Waals surface area contributed by atoms with Crippen molar-refractivity contribution in [2.45, 2.75) is 26.4 Å². The van der Waals surface area contributed by atoms with Gasteiger partial charge in [0.1, 0.15) is 12.4 Å². The number of rotatable bonds is 8. The van der Waals surface area contributed by atoms with Gasteiger partial charge in [-0.25, -0.2) is 4.98 Å². The number of pyridine rings is 1. The van der Waals surface area contributed by atoms with Gasteiger partial charge >= 0.3 is 5.97 Å². The quantitative estimate of drug-likeness (QED) is 0.376. The maximum atomic E-state index is 10.7. The molecule has 0 radical (unpaired) electrons. The van der Waals surface area contributed by atoms with E-state index < -0.39 is 5.97 Å². The SMILES string of the molecule is COc1ccc(C)c(-c2csc3ccc(COc4ccc(CCC(=O)O)cc4)cc23)n1. The lowest BCUT2D eigenvalue weighted by molar-refractivity contribution is -0.136. The normalized spacial score (nSPS) is 10.9. The number of hydrogen-bond donors (Lipinski definition) is 1. The van der Waals surface area contributed by atoms with Gasteiger partial charge in [-0.05, 0) is 54.3 Å². The molecule has 0 amide bonds. The third kappa shape index (κ3) is 4.86. The summed E-state index contributed by atoms with van der Waals surface area (Å²) in [6.45, 7) is 2.50. The maximum absolute atomic E-state index is 10.7. The number of methoxy groups -OCH3 is 1. The minimum atomic E-state index is -0.789. The second kappa shape index (κ2) is 9.18. The van der Waals surface area contributed by atoms with E-state index in [9.17, 15) is 4.79 Å². The van der Waals surface area contributed by atoms with Gasteiger partial charge in [-0.15, -0.1) is 11.3 Å². The fraction of sp³-hybridized carbons (Fsp3) is 0.200. The van der Waals surface area contributed by atoms with Crippen molar-refractivity contribution < 1.29 is 19.4 Å². The molecule has 0 spiro atoms. The molecule has 0 saturated carbocycles. The van der Waals surface area contributed by atoms with Gasteiger partial charge in [0.25, 0.3) is 0 Å². The predicted molar refractivity (Wildman–Crippen MR) is 123 cm³/mol. The van der Waals surface area contributed by atoms with Crippen molar-refractivity contribution in [1.29, 1.82) is 0 Å². The Kier molecular flexibility index (Phi) is 6.18. The monoisotopic (exact) mass is 433 g/mol. The van der Waals surface area contributed by atoms with E-state index in [1.54, 1.807) is 18.4 Å². The summed E-state index contributed by atoms with van der Waals surface area (Å²) >= 11 is 1.70. The molecule has 2 heterocycles. The van der Waals surface area contributed by atoms with Crippen LogP contribution in [-0.2, 0) is 17.8 Å². The molecule has 0 aliphatic rings.